The smallest absolute Gasteiger partial charge is 0.346 e. The second-order valence-electron chi connectivity index (χ2n) is 8.24. The Hall–Kier alpha value is -2.77. The van der Waals surface area contributed by atoms with Crippen LogP contribution in [0.5, 0.6) is 5.75 Å². The van der Waals surface area contributed by atoms with Gasteiger partial charge in [-0.25, -0.2) is 9.48 Å². The molecule has 2 aromatic carbocycles. The monoisotopic (exact) mass is 469 g/mol. The van der Waals surface area contributed by atoms with E-state index in [0.717, 1.165) is 62.2 Å². The SMILES string of the molecule is CCn1c(CCCN2CCN(c3cccc(Cl)c3)CC2)nn(CCOc2ccccc2)c1=O. The Balaban J connectivity index is 1.24. The van der Waals surface area contributed by atoms with E-state index in [0.29, 0.717) is 19.7 Å². The lowest BCUT2D eigenvalue weighted by molar-refractivity contribution is 0.254. The molecule has 3 aromatic rings. The van der Waals surface area contributed by atoms with Gasteiger partial charge in [-0.2, -0.15) is 5.10 Å². The summed E-state index contributed by atoms with van der Waals surface area (Å²) in [6.07, 6.45) is 1.78. The van der Waals surface area contributed by atoms with Crippen LogP contribution in [0.2, 0.25) is 5.02 Å². The normalized spacial score (nSPS) is 14.5. The number of hydrogen-bond donors (Lipinski definition) is 0. The largest absolute Gasteiger partial charge is 0.492 e. The van der Waals surface area contributed by atoms with Crippen LogP contribution in [0, 0.1) is 0 Å². The van der Waals surface area contributed by atoms with E-state index in [1.807, 2.05) is 55.5 Å². The van der Waals surface area contributed by atoms with Crippen LogP contribution >= 0.6 is 11.6 Å². The Morgan fingerprint density at radius 2 is 1.79 bits per heavy atom. The Morgan fingerprint density at radius 1 is 1.00 bits per heavy atom. The van der Waals surface area contributed by atoms with E-state index in [4.69, 9.17) is 16.3 Å². The summed E-state index contributed by atoms with van der Waals surface area (Å²) in [5.74, 6) is 1.66. The highest BCUT2D eigenvalue weighted by molar-refractivity contribution is 6.30. The van der Waals surface area contributed by atoms with Crippen LogP contribution in [-0.4, -0.2) is 58.6 Å². The second kappa shape index (κ2) is 11.4. The summed E-state index contributed by atoms with van der Waals surface area (Å²) in [7, 11) is 0. The van der Waals surface area contributed by atoms with Gasteiger partial charge in [-0.05, 0) is 50.2 Å². The Morgan fingerprint density at radius 3 is 2.52 bits per heavy atom. The first-order valence-corrected chi connectivity index (χ1v) is 12.1. The van der Waals surface area contributed by atoms with Gasteiger partial charge in [0, 0.05) is 49.9 Å². The van der Waals surface area contributed by atoms with Crippen LogP contribution in [0.15, 0.2) is 59.4 Å². The molecule has 0 saturated carbocycles. The molecular formula is C25H32ClN5O2. The maximum atomic E-state index is 12.7. The number of hydrogen-bond acceptors (Lipinski definition) is 5. The minimum Gasteiger partial charge on any atom is -0.492 e. The lowest BCUT2D eigenvalue weighted by Crippen LogP contribution is -2.46. The zero-order valence-electron chi connectivity index (χ0n) is 19.2. The number of rotatable bonds is 10. The molecule has 1 fully saturated rings. The Bertz CT molecular complexity index is 1070. The number of aromatic nitrogens is 3. The third kappa shape index (κ3) is 6.18. The van der Waals surface area contributed by atoms with Crippen LogP contribution in [0.25, 0.3) is 0 Å². The zero-order chi connectivity index (χ0) is 23.0. The van der Waals surface area contributed by atoms with Gasteiger partial charge in [-0.1, -0.05) is 35.9 Å². The van der Waals surface area contributed by atoms with E-state index in [-0.39, 0.29) is 5.69 Å². The number of benzene rings is 2. The molecule has 8 heteroatoms. The van der Waals surface area contributed by atoms with E-state index in [1.165, 1.54) is 10.4 Å². The van der Waals surface area contributed by atoms with E-state index in [1.54, 1.807) is 4.57 Å². The lowest BCUT2D eigenvalue weighted by Gasteiger charge is -2.36. The highest BCUT2D eigenvalue weighted by Gasteiger charge is 2.18. The minimum absolute atomic E-state index is 0.0562. The first-order valence-electron chi connectivity index (χ1n) is 11.7. The summed E-state index contributed by atoms with van der Waals surface area (Å²) in [4.78, 5) is 17.6. The fraction of sp³-hybridized carbons (Fsp3) is 0.440. The minimum atomic E-state index is -0.0562. The molecule has 0 amide bonds. The van der Waals surface area contributed by atoms with E-state index in [2.05, 4.69) is 21.0 Å². The van der Waals surface area contributed by atoms with Crippen molar-refractivity contribution in [2.75, 3.05) is 44.2 Å². The van der Waals surface area contributed by atoms with Crippen LogP contribution in [-0.2, 0) is 19.5 Å². The van der Waals surface area contributed by atoms with Gasteiger partial charge >= 0.3 is 5.69 Å². The first kappa shape index (κ1) is 23.4. The molecule has 1 aliphatic rings. The summed E-state index contributed by atoms with van der Waals surface area (Å²) >= 11 is 6.14. The third-order valence-electron chi connectivity index (χ3n) is 6.05. The first-order chi connectivity index (χ1) is 16.1. The molecule has 0 spiro atoms. The van der Waals surface area contributed by atoms with Gasteiger partial charge in [0.2, 0.25) is 0 Å². The summed E-state index contributed by atoms with van der Waals surface area (Å²) in [6.45, 7) is 8.53. The van der Waals surface area contributed by atoms with Crippen molar-refractivity contribution in [2.24, 2.45) is 0 Å². The average molecular weight is 470 g/mol. The van der Waals surface area contributed by atoms with Crippen molar-refractivity contribution in [3.63, 3.8) is 0 Å². The zero-order valence-corrected chi connectivity index (χ0v) is 20.0. The predicted octanol–water partition coefficient (Wildman–Crippen LogP) is 3.55. The van der Waals surface area contributed by atoms with Gasteiger partial charge < -0.3 is 9.64 Å². The summed E-state index contributed by atoms with van der Waals surface area (Å²) in [6, 6.07) is 17.7. The van der Waals surface area contributed by atoms with Crippen molar-refractivity contribution >= 4 is 17.3 Å². The number of para-hydroxylation sites is 1. The number of anilines is 1. The van der Waals surface area contributed by atoms with Crippen LogP contribution < -0.4 is 15.3 Å². The van der Waals surface area contributed by atoms with Crippen LogP contribution in [0.4, 0.5) is 5.69 Å². The number of halogens is 1. The molecule has 7 nitrogen and oxygen atoms in total. The molecule has 0 unspecified atom stereocenters. The highest BCUT2D eigenvalue weighted by Crippen LogP contribution is 2.20. The molecular weight excluding hydrogens is 438 g/mol. The molecule has 0 radical (unpaired) electrons. The van der Waals surface area contributed by atoms with Crippen molar-refractivity contribution in [3.05, 3.63) is 75.9 Å². The van der Waals surface area contributed by atoms with Crippen molar-refractivity contribution < 1.29 is 4.74 Å². The van der Waals surface area contributed by atoms with Crippen LogP contribution in [0.1, 0.15) is 19.2 Å². The maximum absolute atomic E-state index is 12.7. The Labute approximate surface area is 200 Å². The Kier molecular flexibility index (Phi) is 8.07. The lowest BCUT2D eigenvalue weighted by atomic mass is 10.2. The number of nitrogens with zero attached hydrogens (tertiary/aromatic N) is 5. The van der Waals surface area contributed by atoms with Crippen molar-refractivity contribution in [3.8, 4) is 5.75 Å². The van der Waals surface area contributed by atoms with Gasteiger partial charge in [0.25, 0.3) is 0 Å². The molecule has 0 aliphatic carbocycles. The fourth-order valence-electron chi connectivity index (χ4n) is 4.26. The molecule has 176 valence electrons. The molecule has 1 aromatic heterocycles. The van der Waals surface area contributed by atoms with Gasteiger partial charge in [0.05, 0.1) is 6.54 Å². The van der Waals surface area contributed by atoms with Crippen molar-refractivity contribution in [2.45, 2.75) is 32.9 Å². The molecule has 2 heterocycles. The van der Waals surface area contributed by atoms with E-state index >= 15 is 0 Å². The standard InChI is InChI=1S/C25H32ClN5O2/c1-2-30-24(27-31(25(30)32)18-19-33-23-10-4-3-5-11-23)12-7-13-28-14-16-29(17-15-28)22-9-6-8-21(26)20-22/h3-6,8-11,20H,2,7,12-19H2,1H3. The molecule has 4 rings (SSSR count). The molecule has 1 aliphatic heterocycles. The summed E-state index contributed by atoms with van der Waals surface area (Å²) in [5, 5.41) is 5.38. The third-order valence-corrected chi connectivity index (χ3v) is 6.29. The maximum Gasteiger partial charge on any atom is 0.346 e. The second-order valence-corrected chi connectivity index (χ2v) is 8.68. The molecule has 0 bridgehead atoms. The molecule has 33 heavy (non-hydrogen) atoms. The van der Waals surface area contributed by atoms with Gasteiger partial charge in [-0.3, -0.25) is 9.47 Å². The van der Waals surface area contributed by atoms with Gasteiger partial charge in [0.1, 0.15) is 18.2 Å². The van der Waals surface area contributed by atoms with Crippen LogP contribution in [0.3, 0.4) is 0 Å². The fourth-order valence-corrected chi connectivity index (χ4v) is 4.45. The quantitative estimate of drug-likeness (QED) is 0.454. The van der Waals surface area contributed by atoms with E-state index < -0.39 is 0 Å². The number of ether oxygens (including phenoxy) is 1. The summed E-state index contributed by atoms with van der Waals surface area (Å²) in [5.41, 5.74) is 1.13. The summed E-state index contributed by atoms with van der Waals surface area (Å²) < 4.78 is 9.04. The molecule has 0 atom stereocenters. The van der Waals surface area contributed by atoms with Gasteiger partial charge in [0.15, 0.2) is 0 Å². The number of piperazine rings is 1. The van der Waals surface area contributed by atoms with Crippen molar-refractivity contribution in [1.82, 2.24) is 19.2 Å². The topological polar surface area (TPSA) is 55.5 Å². The highest BCUT2D eigenvalue weighted by atomic mass is 35.5. The molecule has 1 saturated heterocycles. The van der Waals surface area contributed by atoms with E-state index in [9.17, 15) is 4.79 Å². The van der Waals surface area contributed by atoms with Gasteiger partial charge in [-0.15, -0.1) is 0 Å². The average Bonchev–Trinajstić information content (AvgIpc) is 3.14. The molecule has 0 N–H and O–H groups in total. The number of aryl methyl sites for hydroxylation is 1. The predicted molar refractivity (Wildman–Crippen MR) is 133 cm³/mol. The van der Waals surface area contributed by atoms with Crippen molar-refractivity contribution in [1.29, 1.82) is 0 Å².